The summed E-state index contributed by atoms with van der Waals surface area (Å²) in [4.78, 5) is 73.4. The van der Waals surface area contributed by atoms with E-state index < -0.39 is 75.5 Å². The Bertz CT molecular complexity index is 1720. The van der Waals surface area contributed by atoms with Crippen molar-refractivity contribution in [2.24, 2.45) is 0 Å². The molecule has 0 radical (unpaired) electrons. The second-order valence-corrected chi connectivity index (χ2v) is 14.4. The van der Waals surface area contributed by atoms with E-state index >= 15 is 0 Å². The van der Waals surface area contributed by atoms with Gasteiger partial charge in [0.15, 0.2) is 23.2 Å². The predicted molar refractivity (Wildman–Crippen MR) is 153 cm³/mol. The Morgan fingerprint density at radius 3 is 2.47 bits per heavy atom. The average molecular weight is 674 g/mol. The number of carbonyl (C=O) groups is 1. The van der Waals surface area contributed by atoms with Gasteiger partial charge in [0, 0.05) is 0 Å². The number of nitrogens with two attached hydrogens (primary N) is 1. The summed E-state index contributed by atoms with van der Waals surface area (Å²) in [5.74, 6) is -2.99. The zero-order valence-corrected chi connectivity index (χ0v) is 25.6. The fraction of sp³-hybridized carbons (Fsp3) is 0.500. The zero-order chi connectivity index (χ0) is 32.9. The van der Waals surface area contributed by atoms with Gasteiger partial charge < -0.3 is 54.7 Å². The molecule has 2 aromatic heterocycles. The smallest absolute Gasteiger partial charge is 0.408 e. The molecule has 3 aromatic rings. The highest BCUT2D eigenvalue weighted by Crippen LogP contribution is 2.46. The van der Waals surface area contributed by atoms with Crippen LogP contribution in [0.15, 0.2) is 35.4 Å². The van der Waals surface area contributed by atoms with Gasteiger partial charge in [-0.05, 0) is 44.4 Å². The number of ether oxygens (including phenoxy) is 4. The molecule has 1 aromatic carbocycles. The van der Waals surface area contributed by atoms with Crippen LogP contribution >= 0.6 is 15.2 Å². The Morgan fingerprint density at radius 1 is 1.16 bits per heavy atom. The van der Waals surface area contributed by atoms with Gasteiger partial charge in [-0.15, -0.1) is 0 Å². The van der Waals surface area contributed by atoms with Crippen molar-refractivity contribution in [3.63, 3.8) is 0 Å². The number of carbonyl (C=O) groups excluding carboxylic acids is 1. The van der Waals surface area contributed by atoms with Crippen LogP contribution in [0.3, 0.4) is 0 Å². The maximum absolute atomic E-state index is 12.4. The van der Waals surface area contributed by atoms with Gasteiger partial charge in [-0.1, -0.05) is 12.1 Å². The molecule has 0 bridgehead atoms. The van der Waals surface area contributed by atoms with Gasteiger partial charge in [0.1, 0.15) is 30.7 Å². The van der Waals surface area contributed by atoms with Crippen molar-refractivity contribution in [2.45, 2.75) is 75.5 Å². The van der Waals surface area contributed by atoms with E-state index in [1.54, 1.807) is 13.8 Å². The molecular weight excluding hydrogens is 642 g/mol. The Labute approximate surface area is 254 Å². The minimum Gasteiger partial charge on any atom is -0.445 e. The number of imidazole rings is 1. The fourth-order valence-electron chi connectivity index (χ4n) is 5.20. The summed E-state index contributed by atoms with van der Waals surface area (Å²) < 4.78 is 48.1. The van der Waals surface area contributed by atoms with Gasteiger partial charge in [-0.2, -0.15) is 4.98 Å². The maximum Gasteiger partial charge on any atom is 0.408 e. The largest absolute Gasteiger partial charge is 0.445 e. The summed E-state index contributed by atoms with van der Waals surface area (Å²) in [5, 5.41) is 13.0. The van der Waals surface area contributed by atoms with Crippen LogP contribution in [0.4, 0.5) is 10.7 Å². The molecule has 2 aliphatic heterocycles. The third kappa shape index (κ3) is 7.28. The number of aromatic amines is 1. The van der Waals surface area contributed by atoms with Crippen molar-refractivity contribution in [1.29, 1.82) is 0 Å². The summed E-state index contributed by atoms with van der Waals surface area (Å²) in [6, 6.07) is 4.98. The number of amides is 1. The van der Waals surface area contributed by atoms with Gasteiger partial charge in [-0.3, -0.25) is 23.5 Å². The Kier molecular flexibility index (Phi) is 8.98. The summed E-state index contributed by atoms with van der Waals surface area (Å²) in [7, 11) is -9.40. The van der Waals surface area contributed by atoms with Crippen molar-refractivity contribution in [1.82, 2.24) is 24.8 Å². The number of alkyl carbamates (subject to hydrolysis) is 1. The third-order valence-electron chi connectivity index (χ3n) is 7.24. The lowest BCUT2D eigenvalue weighted by atomic mass is 10.0. The van der Waals surface area contributed by atoms with Crippen LogP contribution in [0.25, 0.3) is 11.2 Å². The number of nitrogens with one attached hydrogen (secondary N) is 2. The molecule has 2 fully saturated rings. The number of nitrogens with zero attached hydrogens (tertiary/aromatic N) is 3. The van der Waals surface area contributed by atoms with Crippen LogP contribution in [0.2, 0.25) is 0 Å². The summed E-state index contributed by atoms with van der Waals surface area (Å²) in [6.07, 6.45) is -5.59. The van der Waals surface area contributed by atoms with E-state index in [4.69, 9.17) is 24.7 Å². The number of fused-ring (bicyclic) bond motifs is 2. The van der Waals surface area contributed by atoms with Crippen molar-refractivity contribution in [3.8, 4) is 0 Å². The van der Waals surface area contributed by atoms with Crippen molar-refractivity contribution in [2.75, 3.05) is 5.73 Å². The molecule has 2 saturated heterocycles. The highest BCUT2D eigenvalue weighted by Gasteiger charge is 2.58. The number of benzene rings is 1. The molecule has 19 nitrogen and oxygen atoms in total. The third-order valence-corrected chi connectivity index (χ3v) is 9.41. The Morgan fingerprint density at radius 2 is 1.82 bits per heavy atom. The van der Waals surface area contributed by atoms with Crippen molar-refractivity contribution >= 4 is 43.7 Å². The van der Waals surface area contributed by atoms with E-state index in [2.05, 4.69) is 20.3 Å². The molecule has 0 saturated carbocycles. The van der Waals surface area contributed by atoms with Crippen LogP contribution in [-0.2, 0) is 34.7 Å². The number of rotatable bonds is 10. The van der Waals surface area contributed by atoms with Crippen LogP contribution in [-0.4, -0.2) is 86.3 Å². The molecule has 6 atom stereocenters. The van der Waals surface area contributed by atoms with Crippen LogP contribution < -0.4 is 21.9 Å². The predicted octanol–water partition coefficient (Wildman–Crippen LogP) is -0.506. The molecule has 2 aliphatic rings. The van der Waals surface area contributed by atoms with Gasteiger partial charge in [0.2, 0.25) is 5.95 Å². The summed E-state index contributed by atoms with van der Waals surface area (Å²) in [5.41, 5.74) is 5.60. The van der Waals surface area contributed by atoms with Crippen molar-refractivity contribution < 1.29 is 57.6 Å². The zero-order valence-electron chi connectivity index (χ0n) is 23.8. The number of hydrogen-bond acceptors (Lipinski definition) is 12. The molecule has 5 rings (SSSR count). The van der Waals surface area contributed by atoms with Gasteiger partial charge in [-0.25, -0.2) is 9.78 Å². The van der Waals surface area contributed by atoms with Crippen LogP contribution in [0, 0.1) is 0 Å². The van der Waals surface area contributed by atoms with Crippen molar-refractivity contribution in [3.05, 3.63) is 46.5 Å². The molecule has 45 heavy (non-hydrogen) atoms. The first-order chi connectivity index (χ1) is 20.9. The number of aliphatic hydroxyl groups excluding tert-OH is 1. The Balaban J connectivity index is 1.25. The average Bonchev–Trinajstić information content (AvgIpc) is 3.59. The summed E-state index contributed by atoms with van der Waals surface area (Å²) >= 11 is 0. The lowest BCUT2D eigenvalue weighted by molar-refractivity contribution is -0.207. The normalized spacial score (nSPS) is 24.3. The van der Waals surface area contributed by atoms with Gasteiger partial charge >= 0.3 is 21.3 Å². The molecule has 0 spiro atoms. The van der Waals surface area contributed by atoms with E-state index in [-0.39, 0.29) is 35.4 Å². The Hall–Kier alpha value is -3.22. The minimum atomic E-state index is -4.94. The monoisotopic (exact) mass is 674 g/mol. The van der Waals surface area contributed by atoms with E-state index in [1.807, 2.05) is 0 Å². The first-order valence-corrected chi connectivity index (χ1v) is 16.8. The molecule has 4 heterocycles. The quantitative estimate of drug-likeness (QED) is 0.126. The second kappa shape index (κ2) is 12.2. The maximum atomic E-state index is 12.4. The lowest BCUT2D eigenvalue weighted by Crippen LogP contribution is -2.40. The van der Waals surface area contributed by atoms with E-state index in [9.17, 15) is 43.4 Å². The molecule has 0 aliphatic carbocycles. The van der Waals surface area contributed by atoms with E-state index in [0.717, 1.165) is 0 Å². The standard InChI is InChI=1S/C24H32N6O13P2/c1-24(2)42-17-16(41-21(18(17)43-24)30-10-26-15-19(30)28-22(25)29-20(15)32)13(31)7-8-14(45(37,38)39)27-23(33)40-9-11-3-5-12(6-4-11)44(34,35)36/h3-6,10,13-14,16-18,21,31H,7-9H2,1-2H3,(H,27,33)(H2,34,35,36)(H2,37,38,39)(H3,25,28,29,32)/t13?,14?,16-,17-,18-,21-/m1/s1. The summed E-state index contributed by atoms with van der Waals surface area (Å²) in [6.45, 7) is 2.96. The number of aliphatic hydroxyl groups is 1. The topological polar surface area (TPSA) is 291 Å². The first kappa shape index (κ1) is 33.2. The number of hydrogen-bond donors (Lipinski definition) is 8. The van der Waals surface area contributed by atoms with E-state index in [0.29, 0.717) is 5.56 Å². The number of nitrogen functional groups attached to an aromatic ring is 1. The molecule has 1 amide bonds. The molecule has 9 N–H and O–H groups in total. The number of anilines is 1. The lowest BCUT2D eigenvalue weighted by Gasteiger charge is -2.28. The van der Waals surface area contributed by atoms with Crippen LogP contribution in [0.1, 0.15) is 38.5 Å². The second-order valence-electron chi connectivity index (χ2n) is 11.0. The minimum absolute atomic E-state index is 0.00729. The first-order valence-electron chi connectivity index (χ1n) is 13.5. The highest BCUT2D eigenvalue weighted by atomic mass is 31.2. The molecule has 2 unspecified atom stereocenters. The van der Waals surface area contributed by atoms with Crippen LogP contribution in [0.5, 0.6) is 0 Å². The number of H-pyrrole nitrogens is 1. The molecule has 246 valence electrons. The fourth-order valence-corrected chi connectivity index (χ4v) is 6.50. The SMILES string of the molecule is CC1(C)O[C@@H]2[C@H](O1)[C@@H](C(O)CCC(NC(=O)OCc1ccc(P(=O)(O)O)cc1)P(=O)(O)O)O[C@H]2n1cnc2c(=O)[nH]c(N)nc21. The highest BCUT2D eigenvalue weighted by molar-refractivity contribution is 7.60. The number of aromatic nitrogens is 4. The van der Waals surface area contributed by atoms with Gasteiger partial charge in [0.05, 0.1) is 17.7 Å². The van der Waals surface area contributed by atoms with Gasteiger partial charge in [0.25, 0.3) is 5.56 Å². The van der Waals surface area contributed by atoms with E-state index in [1.165, 1.54) is 35.2 Å². The molecular formula is C24H32N6O13P2. The molecule has 21 heteroatoms.